The molecule has 4 atom stereocenters. The van der Waals surface area contributed by atoms with Crippen molar-refractivity contribution >= 4 is 35.6 Å². The molecule has 0 radical (unpaired) electrons. The standard InChI is InChI=1S/C43H50ClFN10O4/c1-27(6-7-30-22-31(44)12-17-38(30)55-26-47-51-52-55)54-25-35(53-20-18-34(19-21-53)49-42(57)59-43(2,3)4)23-36(28-8-13-32(45)14-9-28)39(54)40-46-24-37(50-40)29-10-15-33(16-11-29)48-41(56)58-5/h6-17,22,24,26-27,34-36,39H,18-21,23,25H2,1-5H3,(H,46,50)(H,48,56)(H,49,57)/b7-6+/t27?,35-,36-,39?/m0/s1. The second-order valence-electron chi connectivity index (χ2n) is 16.1. The van der Waals surface area contributed by atoms with Gasteiger partial charge in [-0.05, 0) is 105 Å². The molecule has 16 heteroatoms. The predicted octanol–water partition coefficient (Wildman–Crippen LogP) is 8.01. The van der Waals surface area contributed by atoms with Gasteiger partial charge in [0.2, 0.25) is 0 Å². The van der Waals surface area contributed by atoms with Crippen LogP contribution in [-0.4, -0.2) is 103 Å². The predicted molar refractivity (Wildman–Crippen MR) is 224 cm³/mol. The number of carbonyl (C=O) groups excluding carboxylic acids is 2. The minimum Gasteiger partial charge on any atom is -0.453 e. The van der Waals surface area contributed by atoms with Gasteiger partial charge in [-0.2, -0.15) is 4.68 Å². The lowest BCUT2D eigenvalue weighted by molar-refractivity contribution is 0.0147. The summed E-state index contributed by atoms with van der Waals surface area (Å²) in [4.78, 5) is 38.1. The first-order valence-electron chi connectivity index (χ1n) is 19.8. The Labute approximate surface area is 348 Å². The van der Waals surface area contributed by atoms with E-state index in [4.69, 9.17) is 26.1 Å². The number of ether oxygens (including phenoxy) is 2. The van der Waals surface area contributed by atoms with Crippen molar-refractivity contribution in [1.82, 2.24) is 45.3 Å². The molecule has 5 aromatic rings. The van der Waals surface area contributed by atoms with E-state index in [0.717, 1.165) is 72.8 Å². The maximum Gasteiger partial charge on any atom is 0.411 e. The second-order valence-corrected chi connectivity index (χ2v) is 16.5. The van der Waals surface area contributed by atoms with E-state index in [1.807, 2.05) is 75.5 Å². The lowest BCUT2D eigenvalue weighted by atomic mass is 9.79. The smallest absolute Gasteiger partial charge is 0.411 e. The number of hydrogen-bond donors (Lipinski definition) is 3. The van der Waals surface area contributed by atoms with Gasteiger partial charge in [0.15, 0.2) is 0 Å². The Morgan fingerprint density at radius 1 is 1.03 bits per heavy atom. The number of carbonyl (C=O) groups is 2. The minimum atomic E-state index is -0.572. The van der Waals surface area contributed by atoms with Crippen molar-refractivity contribution in [2.24, 2.45) is 0 Å². The number of aromatic nitrogens is 6. The van der Waals surface area contributed by atoms with Crippen LogP contribution in [0.25, 0.3) is 23.0 Å². The zero-order valence-electron chi connectivity index (χ0n) is 33.8. The number of H-pyrrole nitrogens is 1. The Morgan fingerprint density at radius 2 is 1.78 bits per heavy atom. The van der Waals surface area contributed by atoms with Crippen LogP contribution in [0.4, 0.5) is 19.7 Å². The first-order chi connectivity index (χ1) is 28.3. The number of benzene rings is 3. The molecule has 7 rings (SSSR count). The highest BCUT2D eigenvalue weighted by molar-refractivity contribution is 6.30. The van der Waals surface area contributed by atoms with E-state index < -0.39 is 17.8 Å². The molecule has 14 nitrogen and oxygen atoms in total. The lowest BCUT2D eigenvalue weighted by Gasteiger charge is -2.50. The molecule has 2 aliphatic rings. The van der Waals surface area contributed by atoms with Crippen molar-refractivity contribution in [3.05, 3.63) is 113 Å². The fourth-order valence-electron chi connectivity index (χ4n) is 8.05. The number of piperidine rings is 2. The number of tetrazole rings is 1. The number of amides is 2. The third-order valence-electron chi connectivity index (χ3n) is 10.9. The summed E-state index contributed by atoms with van der Waals surface area (Å²) in [6.07, 6.45) is 9.10. The minimum absolute atomic E-state index is 0.0160. The lowest BCUT2D eigenvalue weighted by Crippen LogP contribution is -2.56. The zero-order valence-corrected chi connectivity index (χ0v) is 34.6. The molecule has 2 fully saturated rings. The number of halogens is 2. The quantitative estimate of drug-likeness (QED) is 0.126. The maximum absolute atomic E-state index is 14.5. The number of anilines is 1. The fourth-order valence-corrected chi connectivity index (χ4v) is 8.23. The average molecular weight is 825 g/mol. The van der Waals surface area contributed by atoms with E-state index in [9.17, 15) is 14.0 Å². The molecule has 3 aromatic carbocycles. The number of rotatable bonds is 10. The van der Waals surface area contributed by atoms with Crippen LogP contribution >= 0.6 is 11.6 Å². The number of nitrogens with zero attached hydrogens (tertiary/aromatic N) is 7. The van der Waals surface area contributed by atoms with E-state index in [-0.39, 0.29) is 35.9 Å². The summed E-state index contributed by atoms with van der Waals surface area (Å²) in [5, 5.41) is 18.1. The van der Waals surface area contributed by atoms with E-state index >= 15 is 0 Å². The van der Waals surface area contributed by atoms with Crippen molar-refractivity contribution in [2.75, 3.05) is 32.1 Å². The molecule has 0 bridgehead atoms. The molecule has 4 heterocycles. The van der Waals surface area contributed by atoms with E-state index in [2.05, 4.69) is 53.9 Å². The molecule has 59 heavy (non-hydrogen) atoms. The molecule has 2 saturated heterocycles. The Kier molecular flexibility index (Phi) is 12.7. The first kappa shape index (κ1) is 41.5. The van der Waals surface area contributed by atoms with Gasteiger partial charge in [0.05, 0.1) is 24.5 Å². The monoisotopic (exact) mass is 824 g/mol. The summed E-state index contributed by atoms with van der Waals surface area (Å²) in [5.74, 6) is 0.411. The molecular weight excluding hydrogens is 775 g/mol. The van der Waals surface area contributed by atoms with Gasteiger partial charge >= 0.3 is 12.2 Å². The van der Waals surface area contributed by atoms with Crippen LogP contribution in [0.1, 0.15) is 75.9 Å². The molecule has 2 aliphatic heterocycles. The fraction of sp³-hybridized carbons (Fsp3) is 0.395. The number of alkyl carbamates (subject to hydrolysis) is 1. The number of imidazole rings is 1. The van der Waals surface area contributed by atoms with Gasteiger partial charge in [-0.3, -0.25) is 15.1 Å². The molecule has 2 aromatic heterocycles. The SMILES string of the molecule is COC(=O)Nc1ccc(-c2c[nH]c(C3[C@H](c4ccc(F)cc4)C[C@H](N4CCC(NC(=O)OC(C)(C)C)CC4)CN3C(C)/C=C/c3cc(Cl)ccc3-n3cnnn3)n2)cc1. The van der Waals surface area contributed by atoms with Crippen LogP contribution < -0.4 is 10.6 Å². The molecule has 0 saturated carbocycles. The maximum atomic E-state index is 14.5. The largest absolute Gasteiger partial charge is 0.453 e. The summed E-state index contributed by atoms with van der Waals surface area (Å²) < 4.78 is 26.3. The third-order valence-corrected chi connectivity index (χ3v) is 11.1. The van der Waals surface area contributed by atoms with Crippen molar-refractivity contribution in [3.8, 4) is 16.9 Å². The van der Waals surface area contributed by atoms with E-state index in [1.54, 1.807) is 23.1 Å². The number of likely N-dealkylation sites (tertiary alicyclic amines) is 2. The summed E-state index contributed by atoms with van der Waals surface area (Å²) in [5.41, 5.74) is 4.29. The summed E-state index contributed by atoms with van der Waals surface area (Å²) in [6.45, 7) is 10.1. The highest BCUT2D eigenvalue weighted by atomic mass is 35.5. The number of methoxy groups -OCH3 is 1. The van der Waals surface area contributed by atoms with Crippen molar-refractivity contribution in [3.63, 3.8) is 0 Å². The first-order valence-corrected chi connectivity index (χ1v) is 20.2. The Hall–Kier alpha value is -5.64. The van der Waals surface area contributed by atoms with Crippen molar-refractivity contribution in [2.45, 2.75) is 82.6 Å². The van der Waals surface area contributed by atoms with Crippen LogP contribution in [0.5, 0.6) is 0 Å². The van der Waals surface area contributed by atoms with Crippen LogP contribution in [0, 0.1) is 5.82 Å². The average Bonchev–Trinajstić information content (AvgIpc) is 3.94. The molecule has 3 N–H and O–H groups in total. The Bertz CT molecular complexity index is 2220. The van der Waals surface area contributed by atoms with Crippen LogP contribution in [0.2, 0.25) is 5.02 Å². The molecule has 310 valence electrons. The van der Waals surface area contributed by atoms with Crippen molar-refractivity contribution in [1.29, 1.82) is 0 Å². The van der Waals surface area contributed by atoms with Crippen LogP contribution in [-0.2, 0) is 9.47 Å². The molecule has 0 spiro atoms. The summed E-state index contributed by atoms with van der Waals surface area (Å²) in [6, 6.07) is 19.6. The molecule has 2 unspecified atom stereocenters. The van der Waals surface area contributed by atoms with Gasteiger partial charge in [0.25, 0.3) is 0 Å². The summed E-state index contributed by atoms with van der Waals surface area (Å²) >= 11 is 6.50. The van der Waals surface area contributed by atoms with E-state index in [0.29, 0.717) is 10.7 Å². The van der Waals surface area contributed by atoms with Gasteiger partial charge in [-0.25, -0.2) is 19.0 Å². The Morgan fingerprint density at radius 3 is 2.46 bits per heavy atom. The van der Waals surface area contributed by atoms with E-state index in [1.165, 1.54) is 19.2 Å². The number of hydrogen-bond acceptors (Lipinski definition) is 10. The molecular formula is C43H50ClFN10O4. The normalized spacial score (nSPS) is 20.0. The third kappa shape index (κ3) is 10.3. The zero-order chi connectivity index (χ0) is 41.7. The number of nitrogens with one attached hydrogen (secondary N) is 3. The van der Waals surface area contributed by atoms with Crippen molar-refractivity contribution < 1.29 is 23.5 Å². The second kappa shape index (κ2) is 18.1. The van der Waals surface area contributed by atoms with Crippen LogP contribution in [0.3, 0.4) is 0 Å². The molecule has 0 aliphatic carbocycles. The highest BCUT2D eigenvalue weighted by Crippen LogP contribution is 2.45. The van der Waals surface area contributed by atoms with Crippen LogP contribution in [0.15, 0.2) is 85.3 Å². The van der Waals surface area contributed by atoms with Gasteiger partial charge in [0.1, 0.15) is 23.6 Å². The van der Waals surface area contributed by atoms with Gasteiger partial charge in [-0.15, -0.1) is 5.10 Å². The highest BCUT2D eigenvalue weighted by Gasteiger charge is 2.43. The van der Waals surface area contributed by atoms with Gasteiger partial charge < -0.3 is 19.8 Å². The van der Waals surface area contributed by atoms with Gasteiger partial charge in [-0.1, -0.05) is 48.0 Å². The summed E-state index contributed by atoms with van der Waals surface area (Å²) in [7, 11) is 1.32. The Balaban J connectivity index is 1.22. The number of aromatic amines is 1. The van der Waals surface area contributed by atoms with Gasteiger partial charge in [0, 0.05) is 71.7 Å². The topological polar surface area (TPSA) is 155 Å². The molecule has 2 amide bonds.